The number of hydrogen-bond donors (Lipinski definition) is 0. The summed E-state index contributed by atoms with van der Waals surface area (Å²) >= 11 is 1.41. The van der Waals surface area contributed by atoms with Gasteiger partial charge in [-0.25, -0.2) is 4.98 Å². The zero-order chi connectivity index (χ0) is 12.7. The van der Waals surface area contributed by atoms with Crippen molar-refractivity contribution in [2.45, 2.75) is 25.9 Å². The van der Waals surface area contributed by atoms with Crippen molar-refractivity contribution in [1.82, 2.24) is 4.98 Å². The lowest BCUT2D eigenvalue weighted by molar-refractivity contribution is -0.119. The van der Waals surface area contributed by atoms with Crippen molar-refractivity contribution in [2.75, 3.05) is 18.6 Å². The highest BCUT2D eigenvalue weighted by atomic mass is 32.1. The molecule has 0 aliphatic heterocycles. The molecule has 0 saturated carbocycles. The van der Waals surface area contributed by atoms with Gasteiger partial charge in [-0.15, -0.1) is 17.8 Å². The highest BCUT2D eigenvalue weighted by molar-refractivity contribution is 7.13. The van der Waals surface area contributed by atoms with Gasteiger partial charge < -0.3 is 4.74 Å². The lowest BCUT2D eigenvalue weighted by Gasteiger charge is -2.18. The number of amides is 1. The lowest BCUT2D eigenvalue weighted by atomic mass is 10.2. The zero-order valence-corrected chi connectivity index (χ0v) is 10.9. The number of methoxy groups -OCH3 is 1. The molecule has 0 N–H and O–H groups in total. The van der Waals surface area contributed by atoms with Crippen LogP contribution in [0.3, 0.4) is 0 Å². The standard InChI is InChI=1S/C12H16N2O2S/c1-4-8-14(12-13-7-9-17-12)11(15)6-5-10(2)16-3/h1,7,9-10H,5-6,8H2,2-3H3. The Bertz CT molecular complexity index is 384. The Morgan fingerprint density at radius 1 is 1.76 bits per heavy atom. The SMILES string of the molecule is C#CCN(C(=O)CCC(C)OC)c1nccs1. The fraction of sp³-hybridized carbons (Fsp3) is 0.500. The number of thiazole rings is 1. The summed E-state index contributed by atoms with van der Waals surface area (Å²) in [5, 5.41) is 2.47. The van der Waals surface area contributed by atoms with Crippen LogP contribution in [0.2, 0.25) is 0 Å². The van der Waals surface area contributed by atoms with E-state index in [-0.39, 0.29) is 18.6 Å². The third kappa shape index (κ3) is 4.17. The van der Waals surface area contributed by atoms with Crippen molar-refractivity contribution < 1.29 is 9.53 Å². The Balaban J connectivity index is 2.59. The molecule has 1 unspecified atom stereocenters. The maximum atomic E-state index is 12.0. The van der Waals surface area contributed by atoms with Gasteiger partial charge >= 0.3 is 0 Å². The van der Waals surface area contributed by atoms with Gasteiger partial charge in [0.15, 0.2) is 5.13 Å². The van der Waals surface area contributed by atoms with E-state index in [2.05, 4.69) is 10.9 Å². The molecule has 4 nitrogen and oxygen atoms in total. The van der Waals surface area contributed by atoms with Gasteiger partial charge in [-0.05, 0) is 13.3 Å². The van der Waals surface area contributed by atoms with E-state index in [1.165, 1.54) is 16.2 Å². The average molecular weight is 252 g/mol. The van der Waals surface area contributed by atoms with E-state index < -0.39 is 0 Å². The van der Waals surface area contributed by atoms with Crippen molar-refractivity contribution in [3.8, 4) is 12.3 Å². The Hall–Kier alpha value is -1.38. The Kier molecular flexibility index (Phi) is 5.67. The minimum absolute atomic E-state index is 0.0122. The summed E-state index contributed by atoms with van der Waals surface area (Å²) in [5.74, 6) is 2.47. The summed E-state index contributed by atoms with van der Waals surface area (Å²) < 4.78 is 5.11. The number of carbonyl (C=O) groups excluding carboxylic acids is 1. The van der Waals surface area contributed by atoms with Crippen LogP contribution in [0.1, 0.15) is 19.8 Å². The molecular weight excluding hydrogens is 236 g/mol. The van der Waals surface area contributed by atoms with E-state index in [4.69, 9.17) is 11.2 Å². The smallest absolute Gasteiger partial charge is 0.229 e. The summed E-state index contributed by atoms with van der Waals surface area (Å²) in [4.78, 5) is 17.6. The van der Waals surface area contributed by atoms with Crippen LogP contribution >= 0.6 is 11.3 Å². The molecule has 1 rings (SSSR count). The number of rotatable bonds is 6. The predicted molar refractivity (Wildman–Crippen MR) is 69.0 cm³/mol. The predicted octanol–water partition coefficient (Wildman–Crippen LogP) is 1.92. The Morgan fingerprint density at radius 3 is 3.06 bits per heavy atom. The normalized spacial score (nSPS) is 11.8. The fourth-order valence-corrected chi connectivity index (χ4v) is 1.94. The maximum absolute atomic E-state index is 12.0. The largest absolute Gasteiger partial charge is 0.382 e. The van der Waals surface area contributed by atoms with Gasteiger partial charge in [0.05, 0.1) is 12.6 Å². The lowest BCUT2D eigenvalue weighted by Crippen LogP contribution is -2.31. The monoisotopic (exact) mass is 252 g/mol. The minimum Gasteiger partial charge on any atom is -0.382 e. The maximum Gasteiger partial charge on any atom is 0.229 e. The summed E-state index contributed by atoms with van der Waals surface area (Å²) in [6.45, 7) is 2.19. The van der Waals surface area contributed by atoms with Gasteiger partial charge in [-0.2, -0.15) is 0 Å². The third-order valence-electron chi connectivity index (χ3n) is 2.37. The van der Waals surface area contributed by atoms with Gasteiger partial charge in [-0.3, -0.25) is 9.69 Å². The van der Waals surface area contributed by atoms with Gasteiger partial charge in [0, 0.05) is 25.1 Å². The molecule has 0 spiro atoms. The van der Waals surface area contributed by atoms with Gasteiger partial charge in [0.25, 0.3) is 0 Å². The van der Waals surface area contributed by atoms with Gasteiger partial charge in [-0.1, -0.05) is 5.92 Å². The molecule has 0 bridgehead atoms. The van der Waals surface area contributed by atoms with E-state index in [0.29, 0.717) is 18.0 Å². The topological polar surface area (TPSA) is 42.4 Å². The van der Waals surface area contributed by atoms with Crippen LogP contribution in [-0.4, -0.2) is 30.6 Å². The number of anilines is 1. The Labute approximate surface area is 106 Å². The summed E-state index contributed by atoms with van der Waals surface area (Å²) in [6.07, 6.45) is 8.09. The molecule has 0 aliphatic rings. The average Bonchev–Trinajstić information content (AvgIpc) is 2.86. The van der Waals surface area contributed by atoms with Crippen molar-refractivity contribution in [2.24, 2.45) is 0 Å². The number of nitrogens with zero attached hydrogens (tertiary/aromatic N) is 2. The first-order valence-corrected chi connectivity index (χ1v) is 6.23. The fourth-order valence-electron chi connectivity index (χ4n) is 1.28. The van der Waals surface area contributed by atoms with Crippen LogP contribution in [0.5, 0.6) is 0 Å². The molecule has 0 radical (unpaired) electrons. The molecule has 0 aliphatic carbocycles. The molecule has 17 heavy (non-hydrogen) atoms. The molecule has 0 saturated heterocycles. The molecule has 1 heterocycles. The van der Waals surface area contributed by atoms with E-state index in [1.54, 1.807) is 13.3 Å². The first kappa shape index (κ1) is 13.7. The summed E-state index contributed by atoms with van der Waals surface area (Å²) in [6, 6.07) is 0. The second kappa shape index (κ2) is 7.05. The number of aromatic nitrogens is 1. The summed E-state index contributed by atoms with van der Waals surface area (Å²) in [7, 11) is 1.63. The van der Waals surface area contributed by atoms with Crippen molar-refractivity contribution in [3.63, 3.8) is 0 Å². The first-order valence-electron chi connectivity index (χ1n) is 5.35. The molecule has 1 aromatic rings. The number of terminal acetylenes is 1. The second-order valence-corrected chi connectivity index (χ2v) is 4.46. The van der Waals surface area contributed by atoms with Crippen LogP contribution in [0.4, 0.5) is 5.13 Å². The van der Waals surface area contributed by atoms with E-state index in [9.17, 15) is 4.79 Å². The molecule has 92 valence electrons. The van der Waals surface area contributed by atoms with Crippen molar-refractivity contribution >= 4 is 22.4 Å². The molecule has 1 amide bonds. The van der Waals surface area contributed by atoms with Crippen LogP contribution in [0.15, 0.2) is 11.6 Å². The molecule has 1 aromatic heterocycles. The van der Waals surface area contributed by atoms with Crippen LogP contribution in [0.25, 0.3) is 0 Å². The van der Waals surface area contributed by atoms with E-state index in [1.807, 2.05) is 12.3 Å². The van der Waals surface area contributed by atoms with Crippen LogP contribution < -0.4 is 4.90 Å². The zero-order valence-electron chi connectivity index (χ0n) is 10.0. The molecule has 0 aromatic carbocycles. The van der Waals surface area contributed by atoms with Gasteiger partial charge in [0.1, 0.15) is 0 Å². The molecule has 0 fully saturated rings. The van der Waals surface area contributed by atoms with Crippen LogP contribution in [0, 0.1) is 12.3 Å². The van der Waals surface area contributed by atoms with Crippen LogP contribution in [-0.2, 0) is 9.53 Å². The van der Waals surface area contributed by atoms with E-state index in [0.717, 1.165) is 0 Å². The van der Waals surface area contributed by atoms with Gasteiger partial charge in [0.2, 0.25) is 5.91 Å². The molecule has 5 heteroatoms. The Morgan fingerprint density at radius 2 is 2.53 bits per heavy atom. The first-order chi connectivity index (χ1) is 8.19. The third-order valence-corrected chi connectivity index (χ3v) is 3.16. The van der Waals surface area contributed by atoms with Crippen molar-refractivity contribution in [3.05, 3.63) is 11.6 Å². The summed E-state index contributed by atoms with van der Waals surface area (Å²) in [5.41, 5.74) is 0. The highest BCUT2D eigenvalue weighted by Crippen LogP contribution is 2.18. The number of ether oxygens (including phenoxy) is 1. The quantitative estimate of drug-likeness (QED) is 0.726. The van der Waals surface area contributed by atoms with Crippen molar-refractivity contribution in [1.29, 1.82) is 0 Å². The second-order valence-electron chi connectivity index (χ2n) is 3.58. The van der Waals surface area contributed by atoms with E-state index >= 15 is 0 Å². The number of carbonyl (C=O) groups is 1. The number of hydrogen-bond acceptors (Lipinski definition) is 4. The highest BCUT2D eigenvalue weighted by Gasteiger charge is 2.17. The molecular formula is C12H16N2O2S. The minimum atomic E-state index is -0.0122. The molecule has 1 atom stereocenters.